The minimum absolute atomic E-state index is 0. The molecule has 1 rings (SSSR count). The fraction of sp³-hybridized carbons (Fsp3) is 0.500. The molecule has 0 aliphatic rings. The van der Waals surface area contributed by atoms with Crippen molar-refractivity contribution in [1.29, 1.82) is 0 Å². The van der Waals surface area contributed by atoms with Crippen LogP contribution in [-0.2, 0) is 20.7 Å². The van der Waals surface area contributed by atoms with Gasteiger partial charge in [0.15, 0.2) is 0 Å². The third kappa shape index (κ3) is 7.43. The zero-order valence-electron chi connectivity index (χ0n) is 13.5. The van der Waals surface area contributed by atoms with Gasteiger partial charge in [0.25, 0.3) is 0 Å². The van der Waals surface area contributed by atoms with Crippen LogP contribution in [0.2, 0.25) is 0 Å². The molecule has 0 heterocycles. The van der Waals surface area contributed by atoms with Crippen molar-refractivity contribution in [3.05, 3.63) is 35.9 Å². The molecule has 2 atom stereocenters. The van der Waals surface area contributed by atoms with E-state index >= 15 is 0 Å². The van der Waals surface area contributed by atoms with Gasteiger partial charge in [0.1, 0.15) is 11.6 Å². The Morgan fingerprint density at radius 3 is 2.23 bits per heavy atom. The van der Waals surface area contributed by atoms with Crippen molar-refractivity contribution in [2.24, 2.45) is 5.73 Å². The van der Waals surface area contributed by atoms with E-state index in [4.69, 9.17) is 10.5 Å². The van der Waals surface area contributed by atoms with Gasteiger partial charge in [-0.05, 0) is 33.3 Å². The summed E-state index contributed by atoms with van der Waals surface area (Å²) in [7, 11) is 0. The molecule has 0 saturated carbocycles. The Bertz CT molecular complexity index is 484. The topological polar surface area (TPSA) is 81.4 Å². The summed E-state index contributed by atoms with van der Waals surface area (Å²) in [6.45, 7) is 6.94. The highest BCUT2D eigenvalue weighted by atomic mass is 35.5. The molecule has 3 N–H and O–H groups in total. The van der Waals surface area contributed by atoms with E-state index in [0.29, 0.717) is 6.42 Å². The molecule has 124 valence electrons. The number of nitrogens with two attached hydrogens (primary N) is 1. The molecule has 0 bridgehead atoms. The van der Waals surface area contributed by atoms with Crippen molar-refractivity contribution < 1.29 is 14.3 Å². The number of amides is 1. The predicted molar refractivity (Wildman–Crippen MR) is 88.8 cm³/mol. The number of ether oxygens (including phenoxy) is 1. The molecule has 0 saturated heterocycles. The lowest BCUT2D eigenvalue weighted by Gasteiger charge is -2.25. The van der Waals surface area contributed by atoms with Gasteiger partial charge < -0.3 is 15.8 Å². The molecule has 1 aromatic carbocycles. The lowest BCUT2D eigenvalue weighted by atomic mass is 10.1. The summed E-state index contributed by atoms with van der Waals surface area (Å²) < 4.78 is 5.36. The van der Waals surface area contributed by atoms with Gasteiger partial charge in [-0.25, -0.2) is 4.79 Å². The Balaban J connectivity index is 0.00000441. The van der Waals surface area contributed by atoms with Crippen molar-refractivity contribution >= 4 is 24.3 Å². The number of hydrogen-bond acceptors (Lipinski definition) is 4. The standard InChI is InChI=1S/C16H24N2O3.ClH/c1-11(17)14(19)18-13(15(20)21-16(2,3)4)10-12-8-6-5-7-9-12;/h5-9,11,13H,10,17H2,1-4H3,(H,18,19);1H. The van der Waals surface area contributed by atoms with E-state index in [1.165, 1.54) is 0 Å². The Hall–Kier alpha value is -1.59. The fourth-order valence-electron chi connectivity index (χ4n) is 1.72. The fourth-order valence-corrected chi connectivity index (χ4v) is 1.72. The highest BCUT2D eigenvalue weighted by molar-refractivity contribution is 5.87. The third-order valence-corrected chi connectivity index (χ3v) is 2.70. The number of halogens is 1. The van der Waals surface area contributed by atoms with Crippen LogP contribution in [0.1, 0.15) is 33.3 Å². The van der Waals surface area contributed by atoms with Crippen LogP contribution in [0.15, 0.2) is 30.3 Å². The maximum absolute atomic E-state index is 12.2. The maximum atomic E-state index is 12.2. The molecule has 0 fully saturated rings. The average molecular weight is 329 g/mol. The highest BCUT2D eigenvalue weighted by Gasteiger charge is 2.27. The lowest BCUT2D eigenvalue weighted by molar-refractivity contribution is -0.158. The van der Waals surface area contributed by atoms with Gasteiger partial charge in [0.05, 0.1) is 6.04 Å². The number of esters is 1. The molecule has 0 spiro atoms. The first kappa shape index (κ1) is 20.4. The monoisotopic (exact) mass is 328 g/mol. The van der Waals surface area contributed by atoms with E-state index < -0.39 is 23.7 Å². The van der Waals surface area contributed by atoms with Crippen molar-refractivity contribution in [2.75, 3.05) is 0 Å². The van der Waals surface area contributed by atoms with Gasteiger partial charge in [0, 0.05) is 6.42 Å². The molecule has 0 aromatic heterocycles. The van der Waals surface area contributed by atoms with E-state index in [-0.39, 0.29) is 18.3 Å². The van der Waals surface area contributed by atoms with Gasteiger partial charge in [0.2, 0.25) is 5.91 Å². The zero-order valence-corrected chi connectivity index (χ0v) is 14.3. The van der Waals surface area contributed by atoms with Gasteiger partial charge >= 0.3 is 5.97 Å². The summed E-state index contributed by atoms with van der Waals surface area (Å²) in [6, 6.07) is 8.04. The van der Waals surface area contributed by atoms with Gasteiger partial charge in [-0.2, -0.15) is 0 Å². The van der Waals surface area contributed by atoms with Crippen LogP contribution in [-0.4, -0.2) is 29.6 Å². The second-order valence-corrected chi connectivity index (χ2v) is 6.07. The first-order valence-corrected chi connectivity index (χ1v) is 7.02. The molecule has 2 unspecified atom stereocenters. The van der Waals surface area contributed by atoms with E-state index in [1.54, 1.807) is 27.7 Å². The minimum Gasteiger partial charge on any atom is -0.458 e. The van der Waals surface area contributed by atoms with Crippen LogP contribution in [0.4, 0.5) is 0 Å². The Morgan fingerprint density at radius 1 is 1.23 bits per heavy atom. The van der Waals surface area contributed by atoms with Gasteiger partial charge in [-0.1, -0.05) is 30.3 Å². The summed E-state index contributed by atoms with van der Waals surface area (Å²) in [4.78, 5) is 24.0. The maximum Gasteiger partial charge on any atom is 0.329 e. The summed E-state index contributed by atoms with van der Waals surface area (Å²) in [6.07, 6.45) is 0.369. The SMILES string of the molecule is CC(N)C(=O)NC(Cc1ccccc1)C(=O)OC(C)(C)C.Cl. The molecule has 0 aliphatic carbocycles. The summed E-state index contributed by atoms with van der Waals surface area (Å²) in [5.74, 6) is -0.831. The van der Waals surface area contributed by atoms with Crippen molar-refractivity contribution in [3.8, 4) is 0 Å². The van der Waals surface area contributed by atoms with Crippen molar-refractivity contribution in [3.63, 3.8) is 0 Å². The molecule has 0 aliphatic heterocycles. The first-order valence-electron chi connectivity index (χ1n) is 7.02. The Morgan fingerprint density at radius 2 is 1.77 bits per heavy atom. The minimum atomic E-state index is -0.745. The number of hydrogen-bond donors (Lipinski definition) is 2. The molecular weight excluding hydrogens is 304 g/mol. The molecule has 6 heteroatoms. The number of nitrogens with one attached hydrogen (secondary N) is 1. The molecule has 22 heavy (non-hydrogen) atoms. The third-order valence-electron chi connectivity index (χ3n) is 2.70. The van der Waals surface area contributed by atoms with Crippen LogP contribution >= 0.6 is 12.4 Å². The molecule has 5 nitrogen and oxygen atoms in total. The second kappa shape index (κ2) is 8.76. The Labute approximate surface area is 138 Å². The molecular formula is C16H25ClN2O3. The van der Waals surface area contributed by atoms with Crippen molar-refractivity contribution in [1.82, 2.24) is 5.32 Å². The van der Waals surface area contributed by atoms with Crippen molar-refractivity contribution in [2.45, 2.75) is 51.8 Å². The number of carbonyl (C=O) groups excluding carboxylic acids is 2. The second-order valence-electron chi connectivity index (χ2n) is 6.07. The van der Waals surface area contributed by atoms with Gasteiger partial charge in [-0.15, -0.1) is 12.4 Å². The largest absolute Gasteiger partial charge is 0.458 e. The summed E-state index contributed by atoms with van der Waals surface area (Å²) in [5, 5.41) is 2.65. The lowest BCUT2D eigenvalue weighted by Crippen LogP contribution is -2.50. The van der Waals surface area contributed by atoms with Gasteiger partial charge in [-0.3, -0.25) is 4.79 Å². The highest BCUT2D eigenvalue weighted by Crippen LogP contribution is 2.11. The van der Waals surface area contributed by atoms with Crippen LogP contribution in [0.5, 0.6) is 0 Å². The van der Waals surface area contributed by atoms with E-state index in [1.807, 2.05) is 30.3 Å². The average Bonchev–Trinajstić information content (AvgIpc) is 2.36. The molecule has 1 aromatic rings. The van der Waals surface area contributed by atoms with Crippen LogP contribution in [0, 0.1) is 0 Å². The number of benzene rings is 1. The van der Waals surface area contributed by atoms with Crippen LogP contribution < -0.4 is 11.1 Å². The van der Waals surface area contributed by atoms with Crippen LogP contribution in [0.3, 0.4) is 0 Å². The quantitative estimate of drug-likeness (QED) is 0.808. The number of carbonyl (C=O) groups is 2. The van der Waals surface area contributed by atoms with E-state index in [9.17, 15) is 9.59 Å². The smallest absolute Gasteiger partial charge is 0.329 e. The molecule has 1 amide bonds. The number of rotatable bonds is 5. The first-order chi connectivity index (χ1) is 9.69. The zero-order chi connectivity index (χ0) is 16.0. The van der Waals surface area contributed by atoms with Crippen LogP contribution in [0.25, 0.3) is 0 Å². The van der Waals surface area contributed by atoms with E-state index in [0.717, 1.165) is 5.56 Å². The Kier molecular flexibility index (Phi) is 8.12. The molecule has 0 radical (unpaired) electrons. The predicted octanol–water partition coefficient (Wildman–Crippen LogP) is 1.82. The summed E-state index contributed by atoms with van der Waals surface area (Å²) in [5.41, 5.74) is 5.88. The normalized spacial score (nSPS) is 13.5. The summed E-state index contributed by atoms with van der Waals surface area (Å²) >= 11 is 0. The van der Waals surface area contributed by atoms with E-state index in [2.05, 4.69) is 5.32 Å².